The molecule has 0 aromatic heterocycles. The first-order valence-electron chi connectivity index (χ1n) is 11.4. The molecule has 2 amide bonds. The highest BCUT2D eigenvalue weighted by Gasteiger charge is 2.25. The van der Waals surface area contributed by atoms with Crippen LogP contribution in [0.25, 0.3) is 0 Å². The van der Waals surface area contributed by atoms with Crippen molar-refractivity contribution in [3.05, 3.63) is 70.3 Å². The number of hydrogen-bond donors (Lipinski definition) is 1. The third kappa shape index (κ3) is 6.21. The van der Waals surface area contributed by atoms with E-state index >= 15 is 0 Å². The number of aryl methyl sites for hydroxylation is 2. The fourth-order valence-corrected chi connectivity index (χ4v) is 3.88. The number of ether oxygens (including phenoxy) is 2. The molecule has 0 spiro atoms. The summed E-state index contributed by atoms with van der Waals surface area (Å²) >= 11 is 0. The summed E-state index contributed by atoms with van der Waals surface area (Å²) in [5.74, 6) is -1.44. The SMILES string of the molecule is CCOC(=O)N1CCC(NC(=O)COC(=O)c2ccccc2C(=O)c2cc(C)ccc2C)CC1. The van der Waals surface area contributed by atoms with Crippen molar-refractivity contribution in [1.29, 1.82) is 0 Å². The topological polar surface area (TPSA) is 102 Å². The van der Waals surface area contributed by atoms with Gasteiger partial charge in [-0.2, -0.15) is 0 Å². The maximum absolute atomic E-state index is 13.1. The lowest BCUT2D eigenvalue weighted by Crippen LogP contribution is -2.47. The number of ketones is 1. The lowest BCUT2D eigenvalue weighted by Gasteiger charge is -2.31. The minimum Gasteiger partial charge on any atom is -0.452 e. The number of rotatable bonds is 7. The molecule has 1 saturated heterocycles. The van der Waals surface area contributed by atoms with E-state index in [1.54, 1.807) is 36.1 Å². The average Bonchev–Trinajstić information content (AvgIpc) is 2.84. The van der Waals surface area contributed by atoms with Gasteiger partial charge in [-0.25, -0.2) is 9.59 Å². The Morgan fingerprint density at radius 2 is 1.62 bits per heavy atom. The van der Waals surface area contributed by atoms with Gasteiger partial charge in [0.05, 0.1) is 12.2 Å². The number of benzene rings is 2. The Hall–Kier alpha value is -3.68. The highest BCUT2D eigenvalue weighted by Crippen LogP contribution is 2.20. The van der Waals surface area contributed by atoms with Gasteiger partial charge in [-0.1, -0.05) is 35.9 Å². The normalized spacial score (nSPS) is 13.8. The van der Waals surface area contributed by atoms with E-state index in [0.29, 0.717) is 38.1 Å². The molecule has 0 aliphatic carbocycles. The van der Waals surface area contributed by atoms with Crippen molar-refractivity contribution in [2.24, 2.45) is 0 Å². The zero-order valence-corrected chi connectivity index (χ0v) is 19.8. The minimum absolute atomic E-state index is 0.115. The van der Waals surface area contributed by atoms with Crippen LogP contribution < -0.4 is 5.32 Å². The van der Waals surface area contributed by atoms with Crippen LogP contribution in [0, 0.1) is 13.8 Å². The monoisotopic (exact) mass is 466 g/mol. The van der Waals surface area contributed by atoms with Gasteiger partial charge in [-0.15, -0.1) is 0 Å². The van der Waals surface area contributed by atoms with Crippen LogP contribution >= 0.6 is 0 Å². The quantitative estimate of drug-likeness (QED) is 0.496. The number of esters is 1. The molecule has 180 valence electrons. The molecular weight excluding hydrogens is 436 g/mol. The predicted molar refractivity (Wildman–Crippen MR) is 126 cm³/mol. The molecule has 8 heteroatoms. The summed E-state index contributed by atoms with van der Waals surface area (Å²) in [4.78, 5) is 51.6. The maximum Gasteiger partial charge on any atom is 0.409 e. The Morgan fingerprint density at radius 1 is 0.941 bits per heavy atom. The Labute approximate surface area is 199 Å². The van der Waals surface area contributed by atoms with E-state index in [0.717, 1.165) is 11.1 Å². The molecule has 0 unspecified atom stereocenters. The number of likely N-dealkylation sites (tertiary alicyclic amines) is 1. The average molecular weight is 467 g/mol. The van der Waals surface area contributed by atoms with Crippen molar-refractivity contribution < 1.29 is 28.7 Å². The van der Waals surface area contributed by atoms with Crippen molar-refractivity contribution in [3.8, 4) is 0 Å². The zero-order chi connectivity index (χ0) is 24.7. The van der Waals surface area contributed by atoms with Crippen molar-refractivity contribution >= 4 is 23.8 Å². The molecule has 1 aliphatic heterocycles. The van der Waals surface area contributed by atoms with Gasteiger partial charge < -0.3 is 19.7 Å². The largest absolute Gasteiger partial charge is 0.452 e. The third-order valence-corrected chi connectivity index (χ3v) is 5.75. The third-order valence-electron chi connectivity index (χ3n) is 5.75. The molecule has 3 rings (SSSR count). The summed E-state index contributed by atoms with van der Waals surface area (Å²) in [6.45, 7) is 6.33. The molecule has 2 aromatic carbocycles. The molecule has 0 radical (unpaired) electrons. The van der Waals surface area contributed by atoms with Crippen molar-refractivity contribution in [2.45, 2.75) is 39.7 Å². The van der Waals surface area contributed by atoms with Gasteiger partial charge in [0.15, 0.2) is 12.4 Å². The van der Waals surface area contributed by atoms with Gasteiger partial charge in [-0.3, -0.25) is 9.59 Å². The number of hydrogen-bond acceptors (Lipinski definition) is 6. The Kier molecular flexibility index (Phi) is 8.40. The molecule has 1 fully saturated rings. The summed E-state index contributed by atoms with van der Waals surface area (Å²) < 4.78 is 10.2. The zero-order valence-electron chi connectivity index (χ0n) is 19.8. The van der Waals surface area contributed by atoms with Gasteiger partial charge in [-0.05, 0) is 51.3 Å². The fourth-order valence-electron chi connectivity index (χ4n) is 3.88. The molecule has 0 bridgehead atoms. The van der Waals surface area contributed by atoms with Crippen LogP contribution in [0.2, 0.25) is 0 Å². The molecular formula is C26H30N2O6. The van der Waals surface area contributed by atoms with E-state index in [9.17, 15) is 19.2 Å². The van der Waals surface area contributed by atoms with E-state index in [1.807, 2.05) is 26.0 Å². The predicted octanol–water partition coefficient (Wildman–Crippen LogP) is 3.43. The van der Waals surface area contributed by atoms with E-state index in [1.165, 1.54) is 6.07 Å². The van der Waals surface area contributed by atoms with E-state index in [-0.39, 0.29) is 29.0 Å². The Morgan fingerprint density at radius 3 is 2.29 bits per heavy atom. The first-order valence-corrected chi connectivity index (χ1v) is 11.4. The molecule has 1 aliphatic rings. The number of nitrogens with one attached hydrogen (secondary N) is 1. The van der Waals surface area contributed by atoms with Gasteiger partial charge in [0, 0.05) is 30.3 Å². The van der Waals surface area contributed by atoms with E-state index in [2.05, 4.69) is 5.32 Å². The van der Waals surface area contributed by atoms with Crippen LogP contribution in [0.3, 0.4) is 0 Å². The standard InChI is InChI=1S/C26H30N2O6/c1-4-33-26(32)28-13-11-19(12-14-28)27-23(29)16-34-25(31)21-8-6-5-7-20(21)24(30)22-15-17(2)9-10-18(22)3/h5-10,15,19H,4,11-14,16H2,1-3H3,(H,27,29). The van der Waals surface area contributed by atoms with Crippen LogP contribution in [-0.2, 0) is 14.3 Å². The first kappa shape index (κ1) is 25.0. The summed E-state index contributed by atoms with van der Waals surface area (Å²) in [5, 5.41) is 2.83. The molecule has 1 heterocycles. The number of piperidine rings is 1. The van der Waals surface area contributed by atoms with Gasteiger partial charge in [0.2, 0.25) is 0 Å². The number of carbonyl (C=O) groups excluding carboxylic acids is 4. The van der Waals surface area contributed by atoms with E-state index in [4.69, 9.17) is 9.47 Å². The van der Waals surface area contributed by atoms with Gasteiger partial charge >= 0.3 is 12.1 Å². The Balaban J connectivity index is 1.57. The van der Waals surface area contributed by atoms with E-state index < -0.39 is 18.5 Å². The summed E-state index contributed by atoms with van der Waals surface area (Å²) in [5.41, 5.74) is 2.62. The number of carbonyl (C=O) groups is 4. The molecule has 34 heavy (non-hydrogen) atoms. The van der Waals surface area contributed by atoms with Crippen LogP contribution in [0.5, 0.6) is 0 Å². The molecule has 0 saturated carbocycles. The highest BCUT2D eigenvalue weighted by molar-refractivity contribution is 6.15. The summed E-state index contributed by atoms with van der Waals surface area (Å²) in [6, 6.07) is 11.9. The lowest BCUT2D eigenvalue weighted by atomic mass is 9.94. The number of nitrogens with zero attached hydrogens (tertiary/aromatic N) is 1. The summed E-state index contributed by atoms with van der Waals surface area (Å²) in [6.07, 6.45) is 0.826. The lowest BCUT2D eigenvalue weighted by molar-refractivity contribution is -0.125. The molecule has 2 aromatic rings. The molecule has 1 N–H and O–H groups in total. The highest BCUT2D eigenvalue weighted by atomic mass is 16.6. The van der Waals surface area contributed by atoms with Crippen LogP contribution in [-0.4, -0.2) is 61.0 Å². The second-order valence-electron chi connectivity index (χ2n) is 8.30. The second-order valence-corrected chi connectivity index (χ2v) is 8.30. The molecule has 8 nitrogen and oxygen atoms in total. The van der Waals surface area contributed by atoms with Crippen LogP contribution in [0.1, 0.15) is 57.2 Å². The van der Waals surface area contributed by atoms with Crippen molar-refractivity contribution in [3.63, 3.8) is 0 Å². The second kappa shape index (κ2) is 11.4. The molecule has 0 atom stereocenters. The Bertz CT molecular complexity index is 1070. The minimum atomic E-state index is -0.735. The smallest absolute Gasteiger partial charge is 0.409 e. The maximum atomic E-state index is 13.1. The summed E-state index contributed by atoms with van der Waals surface area (Å²) in [7, 11) is 0. The van der Waals surface area contributed by atoms with Gasteiger partial charge in [0.25, 0.3) is 5.91 Å². The number of amides is 2. The fraction of sp³-hybridized carbons (Fsp3) is 0.385. The van der Waals surface area contributed by atoms with Crippen molar-refractivity contribution in [1.82, 2.24) is 10.2 Å². The van der Waals surface area contributed by atoms with Crippen molar-refractivity contribution in [2.75, 3.05) is 26.3 Å². The first-order chi connectivity index (χ1) is 16.3. The van der Waals surface area contributed by atoms with Gasteiger partial charge in [0.1, 0.15) is 0 Å². The van der Waals surface area contributed by atoms with Crippen LogP contribution in [0.15, 0.2) is 42.5 Å². The van der Waals surface area contributed by atoms with Crippen LogP contribution in [0.4, 0.5) is 4.79 Å².